The van der Waals surface area contributed by atoms with Crippen molar-refractivity contribution in [3.8, 4) is 0 Å². The molecular formula is C12H22F2N2O. The summed E-state index contributed by atoms with van der Waals surface area (Å²) in [6.45, 7) is 2.47. The highest BCUT2D eigenvalue weighted by molar-refractivity contribution is 5.79. The molecule has 100 valence electrons. The van der Waals surface area contributed by atoms with E-state index in [1.54, 1.807) is 0 Å². The van der Waals surface area contributed by atoms with Crippen molar-refractivity contribution in [2.45, 2.75) is 57.4 Å². The van der Waals surface area contributed by atoms with E-state index in [1.165, 1.54) is 0 Å². The third-order valence-electron chi connectivity index (χ3n) is 3.24. The average Bonchev–Trinajstić information content (AvgIpc) is 2.25. The van der Waals surface area contributed by atoms with Gasteiger partial charge in [-0.25, -0.2) is 8.78 Å². The van der Waals surface area contributed by atoms with Gasteiger partial charge in [0.25, 0.3) is 0 Å². The molecule has 1 amide bonds. The maximum atomic E-state index is 13.2. The molecule has 3 N–H and O–H groups in total. The highest BCUT2D eigenvalue weighted by Crippen LogP contribution is 2.36. The normalized spacial score (nSPS) is 25.3. The molecule has 0 spiro atoms. The number of rotatable bonds is 5. The lowest BCUT2D eigenvalue weighted by atomic mass is 9.86. The second-order valence-corrected chi connectivity index (χ2v) is 4.99. The summed E-state index contributed by atoms with van der Waals surface area (Å²) in [7, 11) is 0. The molecule has 1 rings (SSSR count). The van der Waals surface area contributed by atoms with Crippen LogP contribution in [0.25, 0.3) is 0 Å². The lowest BCUT2D eigenvalue weighted by Crippen LogP contribution is -2.41. The van der Waals surface area contributed by atoms with Crippen LogP contribution in [0.15, 0.2) is 0 Å². The van der Waals surface area contributed by atoms with E-state index >= 15 is 0 Å². The van der Waals surface area contributed by atoms with Gasteiger partial charge in [0.2, 0.25) is 11.8 Å². The summed E-state index contributed by atoms with van der Waals surface area (Å²) in [6.07, 6.45) is 2.25. The van der Waals surface area contributed by atoms with Crippen LogP contribution in [0.2, 0.25) is 0 Å². The van der Waals surface area contributed by atoms with Crippen molar-refractivity contribution in [3.05, 3.63) is 0 Å². The first-order valence-corrected chi connectivity index (χ1v) is 6.33. The molecule has 1 saturated carbocycles. The molecule has 0 saturated heterocycles. The molecule has 5 heteroatoms. The summed E-state index contributed by atoms with van der Waals surface area (Å²) in [5.74, 6) is -3.42. The van der Waals surface area contributed by atoms with E-state index in [4.69, 9.17) is 5.73 Å². The largest absolute Gasteiger partial charge is 0.353 e. The predicted molar refractivity (Wildman–Crippen MR) is 62.8 cm³/mol. The fraction of sp³-hybridized carbons (Fsp3) is 0.917. The van der Waals surface area contributed by atoms with Crippen molar-refractivity contribution in [2.75, 3.05) is 6.54 Å². The van der Waals surface area contributed by atoms with E-state index in [-0.39, 0.29) is 24.8 Å². The first kappa shape index (κ1) is 14.4. The van der Waals surface area contributed by atoms with Gasteiger partial charge in [-0.05, 0) is 39.2 Å². The minimum absolute atomic E-state index is 0.0154. The number of carbonyl (C=O) groups excluding carboxylic acids is 1. The molecule has 2 unspecified atom stereocenters. The molecule has 1 fully saturated rings. The zero-order valence-electron chi connectivity index (χ0n) is 10.3. The maximum Gasteiger partial charge on any atom is 0.248 e. The summed E-state index contributed by atoms with van der Waals surface area (Å²) < 4.78 is 26.3. The van der Waals surface area contributed by atoms with E-state index in [2.05, 4.69) is 5.32 Å². The van der Waals surface area contributed by atoms with Crippen LogP contribution in [0, 0.1) is 5.92 Å². The molecular weight excluding hydrogens is 226 g/mol. The molecule has 0 aliphatic heterocycles. The molecule has 1 aliphatic rings. The van der Waals surface area contributed by atoms with Crippen LogP contribution < -0.4 is 11.1 Å². The summed E-state index contributed by atoms with van der Waals surface area (Å²) >= 11 is 0. The molecule has 0 heterocycles. The third kappa shape index (κ3) is 4.98. The second-order valence-electron chi connectivity index (χ2n) is 4.99. The Bertz CT molecular complexity index is 259. The number of hydrogen-bond donors (Lipinski definition) is 2. The molecule has 0 aromatic carbocycles. The van der Waals surface area contributed by atoms with E-state index in [0.29, 0.717) is 19.4 Å². The van der Waals surface area contributed by atoms with Gasteiger partial charge < -0.3 is 11.1 Å². The standard InChI is InChI=1S/C12H22F2N2O/c1-9(4-3-7-15)16-11(17)10-5-2-6-12(13,14)8-10/h9-10H,2-8,15H2,1H3,(H,16,17). The summed E-state index contributed by atoms with van der Waals surface area (Å²) in [5, 5.41) is 2.79. The zero-order chi connectivity index (χ0) is 12.9. The smallest absolute Gasteiger partial charge is 0.248 e. The van der Waals surface area contributed by atoms with Gasteiger partial charge in [-0.1, -0.05) is 0 Å². The number of nitrogens with one attached hydrogen (secondary N) is 1. The molecule has 2 atom stereocenters. The SMILES string of the molecule is CC(CCCN)NC(=O)C1CCCC(F)(F)C1. The molecule has 0 bridgehead atoms. The minimum Gasteiger partial charge on any atom is -0.353 e. The van der Waals surface area contributed by atoms with Crippen molar-refractivity contribution >= 4 is 5.91 Å². The summed E-state index contributed by atoms with van der Waals surface area (Å²) in [5.41, 5.74) is 5.37. The van der Waals surface area contributed by atoms with Gasteiger partial charge in [-0.3, -0.25) is 4.79 Å². The third-order valence-corrected chi connectivity index (χ3v) is 3.24. The van der Waals surface area contributed by atoms with Crippen LogP contribution in [0.1, 0.15) is 45.4 Å². The Labute approximate surface area is 101 Å². The fourth-order valence-electron chi connectivity index (χ4n) is 2.25. The van der Waals surface area contributed by atoms with Crippen LogP contribution in [0.4, 0.5) is 8.78 Å². The van der Waals surface area contributed by atoms with Gasteiger partial charge in [-0.2, -0.15) is 0 Å². The quantitative estimate of drug-likeness (QED) is 0.782. The monoisotopic (exact) mass is 248 g/mol. The molecule has 3 nitrogen and oxygen atoms in total. The second kappa shape index (κ2) is 6.28. The predicted octanol–water partition coefficient (Wildman–Crippen LogP) is 2.06. The van der Waals surface area contributed by atoms with Crippen LogP contribution in [-0.2, 0) is 4.79 Å². The highest BCUT2D eigenvalue weighted by Gasteiger charge is 2.39. The molecule has 17 heavy (non-hydrogen) atoms. The van der Waals surface area contributed by atoms with Crippen LogP contribution in [-0.4, -0.2) is 24.4 Å². The number of alkyl halides is 2. The Morgan fingerprint density at radius 3 is 2.88 bits per heavy atom. The lowest BCUT2D eigenvalue weighted by molar-refractivity contribution is -0.132. The van der Waals surface area contributed by atoms with Gasteiger partial charge in [-0.15, -0.1) is 0 Å². The zero-order valence-corrected chi connectivity index (χ0v) is 10.3. The average molecular weight is 248 g/mol. The highest BCUT2D eigenvalue weighted by atomic mass is 19.3. The van der Waals surface area contributed by atoms with Gasteiger partial charge >= 0.3 is 0 Å². The van der Waals surface area contributed by atoms with Crippen molar-refractivity contribution in [2.24, 2.45) is 11.7 Å². The number of hydrogen-bond acceptors (Lipinski definition) is 2. The molecule has 0 radical (unpaired) electrons. The van der Waals surface area contributed by atoms with Gasteiger partial charge in [0.1, 0.15) is 0 Å². The Hall–Kier alpha value is -0.710. The minimum atomic E-state index is -2.67. The van der Waals surface area contributed by atoms with Gasteiger partial charge in [0.15, 0.2) is 0 Å². The Kier molecular flexibility index (Phi) is 5.31. The van der Waals surface area contributed by atoms with E-state index in [1.807, 2.05) is 6.92 Å². The Morgan fingerprint density at radius 2 is 2.29 bits per heavy atom. The number of amides is 1. The molecule has 0 aromatic rings. The van der Waals surface area contributed by atoms with Crippen molar-refractivity contribution in [1.82, 2.24) is 5.32 Å². The van der Waals surface area contributed by atoms with Crippen LogP contribution in [0.3, 0.4) is 0 Å². The fourth-order valence-corrected chi connectivity index (χ4v) is 2.25. The van der Waals surface area contributed by atoms with E-state index in [0.717, 1.165) is 12.8 Å². The van der Waals surface area contributed by atoms with E-state index in [9.17, 15) is 13.6 Å². The van der Waals surface area contributed by atoms with E-state index < -0.39 is 11.8 Å². The molecule has 1 aliphatic carbocycles. The van der Waals surface area contributed by atoms with Crippen LogP contribution >= 0.6 is 0 Å². The lowest BCUT2D eigenvalue weighted by Gasteiger charge is -2.29. The van der Waals surface area contributed by atoms with Crippen LogP contribution in [0.5, 0.6) is 0 Å². The topological polar surface area (TPSA) is 55.1 Å². The first-order valence-electron chi connectivity index (χ1n) is 6.33. The summed E-state index contributed by atoms with van der Waals surface area (Å²) in [6, 6.07) is 0.0154. The van der Waals surface area contributed by atoms with Crippen molar-refractivity contribution in [1.29, 1.82) is 0 Å². The van der Waals surface area contributed by atoms with Gasteiger partial charge in [0.05, 0.1) is 0 Å². The number of halogens is 2. The Balaban J connectivity index is 2.36. The number of carbonyl (C=O) groups is 1. The number of nitrogens with two attached hydrogens (primary N) is 1. The van der Waals surface area contributed by atoms with Crippen molar-refractivity contribution in [3.63, 3.8) is 0 Å². The first-order chi connectivity index (χ1) is 7.94. The van der Waals surface area contributed by atoms with Crippen molar-refractivity contribution < 1.29 is 13.6 Å². The molecule has 0 aromatic heterocycles. The Morgan fingerprint density at radius 1 is 1.59 bits per heavy atom. The van der Waals surface area contributed by atoms with Gasteiger partial charge in [0, 0.05) is 24.8 Å². The maximum absolute atomic E-state index is 13.2. The summed E-state index contributed by atoms with van der Waals surface area (Å²) in [4.78, 5) is 11.8.